The Hall–Kier alpha value is -5.18. The highest BCUT2D eigenvalue weighted by atomic mass is 16.5. The van der Waals surface area contributed by atoms with Gasteiger partial charge < -0.3 is 23.7 Å². The van der Waals surface area contributed by atoms with E-state index in [0.29, 0.717) is 43.5 Å². The molecule has 0 amide bonds. The number of unbranched alkanes of at least 4 members (excludes halogenated alkanes) is 4. The van der Waals surface area contributed by atoms with Crippen molar-refractivity contribution in [3.63, 3.8) is 0 Å². The molecule has 9 nitrogen and oxygen atoms in total. The quantitative estimate of drug-likeness (QED) is 0.0416. The van der Waals surface area contributed by atoms with Crippen LogP contribution in [0.3, 0.4) is 0 Å². The summed E-state index contributed by atoms with van der Waals surface area (Å²) < 4.78 is 27.0. The first kappa shape index (κ1) is 35.3. The number of hydrogen-bond acceptors (Lipinski definition) is 9. The highest BCUT2D eigenvalue weighted by Gasteiger charge is 2.10. The third-order valence-corrected chi connectivity index (χ3v) is 6.64. The van der Waals surface area contributed by atoms with Crippen molar-refractivity contribution in [3.8, 4) is 17.2 Å². The van der Waals surface area contributed by atoms with Gasteiger partial charge in [0.1, 0.15) is 17.2 Å². The fraction of sp³-hybridized carbons (Fsp3) is 0.297. The molecule has 242 valence electrons. The topological polar surface area (TPSA) is 110 Å². The van der Waals surface area contributed by atoms with Crippen molar-refractivity contribution in [1.82, 2.24) is 0 Å². The Labute approximate surface area is 270 Å². The summed E-state index contributed by atoms with van der Waals surface area (Å²) in [7, 11) is 0. The largest absolute Gasteiger partial charge is 0.494 e. The summed E-state index contributed by atoms with van der Waals surface area (Å²) in [6.45, 7) is 10.5. The molecule has 0 unspecified atom stereocenters. The van der Waals surface area contributed by atoms with Gasteiger partial charge in [0.15, 0.2) is 0 Å². The van der Waals surface area contributed by atoms with Gasteiger partial charge in [0.2, 0.25) is 0 Å². The fourth-order valence-corrected chi connectivity index (χ4v) is 4.09. The van der Waals surface area contributed by atoms with Gasteiger partial charge in [-0.2, -0.15) is 0 Å². The van der Waals surface area contributed by atoms with Crippen molar-refractivity contribution in [2.75, 3.05) is 26.4 Å². The minimum atomic E-state index is -0.465. The zero-order chi connectivity index (χ0) is 33.0. The van der Waals surface area contributed by atoms with E-state index in [9.17, 15) is 14.4 Å². The number of rotatable bonds is 20. The zero-order valence-electron chi connectivity index (χ0n) is 26.3. The summed E-state index contributed by atoms with van der Waals surface area (Å²) in [5.41, 5.74) is 2.96. The minimum absolute atomic E-state index is 0.366. The second-order valence-corrected chi connectivity index (χ2v) is 10.3. The molecule has 3 rings (SSSR count). The molecule has 0 fully saturated rings. The van der Waals surface area contributed by atoms with Gasteiger partial charge >= 0.3 is 17.9 Å². The van der Waals surface area contributed by atoms with Gasteiger partial charge in [-0.3, -0.25) is 4.99 Å². The standard InChI is InChI=1S/C37H41NO8/c1-4-35(39)44-24-10-6-8-22-42-31-16-12-29(13-17-31)27-38-34-21-20-33(26-28(34)3)46-37(41)30-14-18-32(19-15-30)43-23-9-7-11-25-45-36(40)5-2/h4-5,12-21,26-27H,1-2,6-11,22-25H2,3H3. The van der Waals surface area contributed by atoms with Gasteiger partial charge in [-0.1, -0.05) is 13.2 Å². The molecule has 0 radical (unpaired) electrons. The molecule has 0 atom stereocenters. The Kier molecular flexibility index (Phi) is 15.3. The number of aliphatic imine (C=N–C) groups is 1. The van der Waals surface area contributed by atoms with E-state index < -0.39 is 17.9 Å². The number of hydrogen-bond donors (Lipinski definition) is 0. The molecule has 0 spiro atoms. The molecule has 0 aliphatic rings. The summed E-state index contributed by atoms with van der Waals surface area (Å²) in [5, 5.41) is 0. The second kappa shape index (κ2) is 20.0. The van der Waals surface area contributed by atoms with E-state index in [1.807, 2.05) is 37.3 Å². The smallest absolute Gasteiger partial charge is 0.343 e. The third kappa shape index (κ3) is 13.2. The van der Waals surface area contributed by atoms with Gasteiger partial charge in [0, 0.05) is 18.4 Å². The number of carbonyl (C=O) groups excluding carboxylic acids is 3. The first-order chi connectivity index (χ1) is 22.4. The predicted molar refractivity (Wildman–Crippen MR) is 177 cm³/mol. The lowest BCUT2D eigenvalue weighted by atomic mass is 10.2. The van der Waals surface area contributed by atoms with Crippen molar-refractivity contribution in [1.29, 1.82) is 0 Å². The molecular weight excluding hydrogens is 586 g/mol. The molecule has 3 aromatic carbocycles. The van der Waals surface area contributed by atoms with Crippen LogP contribution < -0.4 is 14.2 Å². The molecule has 9 heteroatoms. The third-order valence-electron chi connectivity index (χ3n) is 6.64. The summed E-state index contributed by atoms with van der Waals surface area (Å²) in [6.07, 6.45) is 9.07. The number of esters is 3. The maximum atomic E-state index is 12.7. The molecule has 0 bridgehead atoms. The average Bonchev–Trinajstić information content (AvgIpc) is 3.07. The Bertz CT molecular complexity index is 1460. The van der Waals surface area contributed by atoms with Crippen LogP contribution in [0.25, 0.3) is 0 Å². The second-order valence-electron chi connectivity index (χ2n) is 10.3. The lowest BCUT2D eigenvalue weighted by Crippen LogP contribution is -2.08. The van der Waals surface area contributed by atoms with Gasteiger partial charge in [0.25, 0.3) is 0 Å². The number of benzene rings is 3. The van der Waals surface area contributed by atoms with Crippen LogP contribution in [0.5, 0.6) is 17.2 Å². The van der Waals surface area contributed by atoms with Crippen LogP contribution in [0.2, 0.25) is 0 Å². The van der Waals surface area contributed by atoms with E-state index >= 15 is 0 Å². The van der Waals surface area contributed by atoms with E-state index in [1.165, 1.54) is 0 Å². The molecule has 0 heterocycles. The summed E-state index contributed by atoms with van der Waals surface area (Å²) >= 11 is 0. The van der Waals surface area contributed by atoms with Crippen LogP contribution in [-0.2, 0) is 19.1 Å². The molecule has 46 heavy (non-hydrogen) atoms. The Morgan fingerprint density at radius 1 is 0.652 bits per heavy atom. The molecule has 0 aliphatic carbocycles. The number of carbonyl (C=O) groups is 3. The van der Waals surface area contributed by atoms with Crippen LogP contribution >= 0.6 is 0 Å². The van der Waals surface area contributed by atoms with Gasteiger partial charge in [-0.05, 0) is 123 Å². The maximum Gasteiger partial charge on any atom is 0.343 e. The van der Waals surface area contributed by atoms with E-state index in [-0.39, 0.29) is 0 Å². The molecule has 0 aromatic heterocycles. The molecule has 0 aliphatic heterocycles. The van der Waals surface area contributed by atoms with Crippen LogP contribution in [0, 0.1) is 6.92 Å². The lowest BCUT2D eigenvalue weighted by molar-refractivity contribution is -0.138. The first-order valence-corrected chi connectivity index (χ1v) is 15.3. The van der Waals surface area contributed by atoms with E-state index in [0.717, 1.165) is 73.2 Å². The van der Waals surface area contributed by atoms with Gasteiger partial charge in [-0.15, -0.1) is 0 Å². The number of nitrogens with zero attached hydrogens (tertiary/aromatic N) is 1. The Morgan fingerprint density at radius 3 is 1.67 bits per heavy atom. The van der Waals surface area contributed by atoms with Crippen molar-refractivity contribution >= 4 is 29.8 Å². The highest BCUT2D eigenvalue weighted by molar-refractivity contribution is 5.91. The normalized spacial score (nSPS) is 10.6. The van der Waals surface area contributed by atoms with Crippen molar-refractivity contribution in [2.24, 2.45) is 4.99 Å². The molecule has 0 saturated heterocycles. The summed E-state index contributed by atoms with van der Waals surface area (Å²) in [5.74, 6) is 0.590. The molecule has 0 saturated carbocycles. The zero-order valence-corrected chi connectivity index (χ0v) is 26.3. The Balaban J connectivity index is 1.38. The summed E-state index contributed by atoms with van der Waals surface area (Å²) in [4.78, 5) is 39.3. The van der Waals surface area contributed by atoms with Gasteiger partial charge in [-0.25, -0.2) is 14.4 Å². The van der Waals surface area contributed by atoms with Crippen molar-refractivity contribution in [2.45, 2.75) is 45.4 Å². The highest BCUT2D eigenvalue weighted by Crippen LogP contribution is 2.25. The summed E-state index contributed by atoms with van der Waals surface area (Å²) in [6, 6.07) is 19.8. The van der Waals surface area contributed by atoms with Gasteiger partial charge in [0.05, 0.1) is 37.7 Å². The van der Waals surface area contributed by atoms with Crippen LogP contribution in [0.15, 0.2) is 97.0 Å². The fourth-order valence-electron chi connectivity index (χ4n) is 4.09. The minimum Gasteiger partial charge on any atom is -0.494 e. The van der Waals surface area contributed by atoms with E-state index in [2.05, 4.69) is 18.2 Å². The van der Waals surface area contributed by atoms with Crippen molar-refractivity contribution in [3.05, 3.63) is 109 Å². The van der Waals surface area contributed by atoms with Crippen LogP contribution in [0.4, 0.5) is 5.69 Å². The number of aryl methyl sites for hydroxylation is 1. The SMILES string of the molecule is C=CC(=O)OCCCCCOc1ccc(C=Nc2ccc(OC(=O)c3ccc(OCCCCCOC(=O)C=C)cc3)cc2C)cc1. The monoisotopic (exact) mass is 627 g/mol. The lowest BCUT2D eigenvalue weighted by Gasteiger charge is -2.09. The molecule has 0 N–H and O–H groups in total. The van der Waals surface area contributed by atoms with Crippen molar-refractivity contribution < 1.29 is 38.1 Å². The first-order valence-electron chi connectivity index (χ1n) is 15.3. The van der Waals surface area contributed by atoms with E-state index in [4.69, 9.17) is 23.7 Å². The van der Waals surface area contributed by atoms with Crippen LogP contribution in [0.1, 0.15) is 60.0 Å². The van der Waals surface area contributed by atoms with Crippen LogP contribution in [-0.4, -0.2) is 50.6 Å². The maximum absolute atomic E-state index is 12.7. The average molecular weight is 628 g/mol. The van der Waals surface area contributed by atoms with E-state index in [1.54, 1.807) is 42.6 Å². The molecule has 3 aromatic rings. The number of ether oxygens (including phenoxy) is 5. The Morgan fingerprint density at radius 2 is 1.15 bits per heavy atom. The predicted octanol–water partition coefficient (Wildman–Crippen LogP) is 7.52. The molecular formula is C37H41NO8.